The lowest BCUT2D eigenvalue weighted by molar-refractivity contribution is 0.0526. The number of aromatic amines is 1. The molecule has 0 aliphatic rings. The molecule has 1 N–H and O–H groups in total. The van der Waals surface area contributed by atoms with E-state index in [0.29, 0.717) is 29.2 Å². The molecule has 0 aliphatic heterocycles. The number of carbonyl (C=O) groups excluding carboxylic acids is 1. The maximum Gasteiger partial charge on any atom is 0.338 e. The Labute approximate surface area is 178 Å². The molecule has 1 aromatic heterocycles. The van der Waals surface area contributed by atoms with Crippen LogP contribution in [0.4, 0.5) is 11.4 Å². The van der Waals surface area contributed by atoms with E-state index < -0.39 is 5.97 Å². The normalized spacial score (nSPS) is 11.0. The van der Waals surface area contributed by atoms with Gasteiger partial charge in [-0.25, -0.2) is 9.48 Å². The Balaban J connectivity index is 1.73. The van der Waals surface area contributed by atoms with Crippen molar-refractivity contribution in [3.63, 3.8) is 0 Å². The molecule has 31 heavy (non-hydrogen) atoms. The summed E-state index contributed by atoms with van der Waals surface area (Å²) in [7, 11) is 0. The topological polar surface area (TPSA) is 88.8 Å². The standard InChI is InChI=1S/C24H20N4O3/c1-2-31-24(30)18-13-15-19(16-14-18)25-26-22-21(17-9-5-3-6-10-17)27-28(23(22)29)20-11-7-4-8-12-20/h3-16,27H,2H2,1H3. The maximum atomic E-state index is 13.1. The molecule has 0 unspecified atom stereocenters. The first-order valence-electron chi connectivity index (χ1n) is 9.82. The molecule has 4 rings (SSSR count). The minimum atomic E-state index is -0.395. The Hall–Kier alpha value is -4.26. The summed E-state index contributed by atoms with van der Waals surface area (Å²) in [6.07, 6.45) is 0. The van der Waals surface area contributed by atoms with E-state index >= 15 is 0 Å². The van der Waals surface area contributed by atoms with E-state index in [2.05, 4.69) is 15.3 Å². The number of rotatable bonds is 6. The smallest absolute Gasteiger partial charge is 0.338 e. The van der Waals surface area contributed by atoms with Crippen LogP contribution in [-0.2, 0) is 4.74 Å². The molecule has 0 amide bonds. The molecule has 7 heteroatoms. The largest absolute Gasteiger partial charge is 0.462 e. The van der Waals surface area contributed by atoms with E-state index in [1.807, 2.05) is 60.7 Å². The number of benzene rings is 3. The summed E-state index contributed by atoms with van der Waals surface area (Å²) >= 11 is 0. The summed E-state index contributed by atoms with van der Waals surface area (Å²) in [4.78, 5) is 24.9. The number of hydrogen-bond donors (Lipinski definition) is 1. The fourth-order valence-corrected chi connectivity index (χ4v) is 3.07. The van der Waals surface area contributed by atoms with Crippen molar-refractivity contribution in [2.75, 3.05) is 6.61 Å². The van der Waals surface area contributed by atoms with Crippen LogP contribution in [0.5, 0.6) is 0 Å². The first-order chi connectivity index (χ1) is 15.2. The van der Waals surface area contributed by atoms with Gasteiger partial charge >= 0.3 is 5.97 Å². The van der Waals surface area contributed by atoms with Crippen LogP contribution in [0.2, 0.25) is 0 Å². The molecule has 0 saturated heterocycles. The molecule has 4 aromatic rings. The number of carbonyl (C=O) groups is 1. The SMILES string of the molecule is CCOC(=O)c1ccc(N=Nc2c(-c3ccccc3)[nH]n(-c3ccccc3)c2=O)cc1. The predicted molar refractivity (Wildman–Crippen MR) is 118 cm³/mol. The Morgan fingerprint density at radius 1 is 0.903 bits per heavy atom. The number of nitrogens with one attached hydrogen (secondary N) is 1. The number of esters is 1. The Kier molecular flexibility index (Phi) is 5.84. The zero-order chi connectivity index (χ0) is 21.6. The van der Waals surface area contributed by atoms with Gasteiger partial charge in [-0.15, -0.1) is 5.11 Å². The zero-order valence-electron chi connectivity index (χ0n) is 16.9. The van der Waals surface area contributed by atoms with Crippen molar-refractivity contribution in [2.24, 2.45) is 10.2 Å². The van der Waals surface area contributed by atoms with Crippen LogP contribution in [0.25, 0.3) is 16.9 Å². The number of aromatic nitrogens is 2. The third kappa shape index (κ3) is 4.35. The summed E-state index contributed by atoms with van der Waals surface area (Å²) in [5.41, 5.74) is 2.92. The number of nitrogens with zero attached hydrogens (tertiary/aromatic N) is 3. The maximum absolute atomic E-state index is 13.1. The second kappa shape index (κ2) is 9.04. The number of azo groups is 1. The van der Waals surface area contributed by atoms with Gasteiger partial charge in [0, 0.05) is 5.56 Å². The highest BCUT2D eigenvalue weighted by Crippen LogP contribution is 2.28. The van der Waals surface area contributed by atoms with Gasteiger partial charge < -0.3 is 4.74 Å². The summed E-state index contributed by atoms with van der Waals surface area (Å²) in [5, 5.41) is 11.6. The highest BCUT2D eigenvalue weighted by molar-refractivity contribution is 5.89. The quantitative estimate of drug-likeness (QED) is 0.338. The first-order valence-corrected chi connectivity index (χ1v) is 9.82. The lowest BCUT2D eigenvalue weighted by Crippen LogP contribution is -2.13. The van der Waals surface area contributed by atoms with Crippen molar-refractivity contribution in [1.82, 2.24) is 9.78 Å². The van der Waals surface area contributed by atoms with E-state index in [4.69, 9.17) is 4.74 Å². The highest BCUT2D eigenvalue weighted by Gasteiger charge is 2.16. The number of para-hydroxylation sites is 1. The van der Waals surface area contributed by atoms with Gasteiger partial charge in [0.1, 0.15) is 0 Å². The molecular formula is C24H20N4O3. The van der Waals surface area contributed by atoms with Crippen LogP contribution in [0.15, 0.2) is 100.0 Å². The molecule has 0 saturated carbocycles. The third-order valence-corrected chi connectivity index (χ3v) is 4.59. The third-order valence-electron chi connectivity index (χ3n) is 4.59. The Bertz CT molecular complexity index is 1260. The number of hydrogen-bond acceptors (Lipinski definition) is 5. The van der Waals surface area contributed by atoms with E-state index in [1.165, 1.54) is 4.68 Å². The Morgan fingerprint density at radius 3 is 2.19 bits per heavy atom. The van der Waals surface area contributed by atoms with Gasteiger partial charge in [0.25, 0.3) is 5.56 Å². The second-order valence-corrected chi connectivity index (χ2v) is 6.64. The van der Waals surface area contributed by atoms with Crippen LogP contribution in [0, 0.1) is 0 Å². The predicted octanol–water partition coefficient (Wildman–Crippen LogP) is 5.42. The number of H-pyrrole nitrogens is 1. The average molecular weight is 412 g/mol. The molecule has 7 nitrogen and oxygen atoms in total. The molecule has 3 aromatic carbocycles. The fraction of sp³-hybridized carbons (Fsp3) is 0.0833. The van der Waals surface area contributed by atoms with Gasteiger partial charge in [0.05, 0.1) is 29.2 Å². The van der Waals surface area contributed by atoms with Crippen LogP contribution >= 0.6 is 0 Å². The molecule has 1 heterocycles. The van der Waals surface area contributed by atoms with Crippen molar-refractivity contribution in [1.29, 1.82) is 0 Å². The first kappa shape index (κ1) is 20.0. The van der Waals surface area contributed by atoms with Gasteiger partial charge in [-0.1, -0.05) is 48.5 Å². The fourth-order valence-electron chi connectivity index (χ4n) is 3.07. The molecular weight excluding hydrogens is 392 g/mol. The van der Waals surface area contributed by atoms with Gasteiger partial charge in [-0.3, -0.25) is 9.89 Å². The van der Waals surface area contributed by atoms with Gasteiger partial charge in [-0.05, 0) is 43.3 Å². The molecule has 154 valence electrons. The van der Waals surface area contributed by atoms with Crippen molar-refractivity contribution in [3.8, 4) is 16.9 Å². The highest BCUT2D eigenvalue weighted by atomic mass is 16.5. The lowest BCUT2D eigenvalue weighted by Gasteiger charge is -2.01. The van der Waals surface area contributed by atoms with E-state index in [9.17, 15) is 9.59 Å². The summed E-state index contributed by atoms with van der Waals surface area (Å²) < 4.78 is 6.43. The summed E-state index contributed by atoms with van der Waals surface area (Å²) in [5.74, 6) is -0.395. The van der Waals surface area contributed by atoms with Crippen LogP contribution in [-0.4, -0.2) is 22.4 Å². The van der Waals surface area contributed by atoms with E-state index in [1.54, 1.807) is 31.2 Å². The zero-order valence-corrected chi connectivity index (χ0v) is 16.9. The summed E-state index contributed by atoms with van der Waals surface area (Å²) in [6, 6.07) is 25.3. The molecule has 0 bridgehead atoms. The van der Waals surface area contributed by atoms with Gasteiger partial charge in [0.15, 0.2) is 5.69 Å². The molecule has 0 atom stereocenters. The molecule has 0 fully saturated rings. The lowest BCUT2D eigenvalue weighted by atomic mass is 10.1. The second-order valence-electron chi connectivity index (χ2n) is 6.64. The van der Waals surface area contributed by atoms with Gasteiger partial charge in [0.2, 0.25) is 0 Å². The Morgan fingerprint density at radius 2 is 1.55 bits per heavy atom. The average Bonchev–Trinajstić information content (AvgIpc) is 3.15. The van der Waals surface area contributed by atoms with Crippen molar-refractivity contribution >= 4 is 17.3 Å². The summed E-state index contributed by atoms with van der Waals surface area (Å²) in [6.45, 7) is 2.06. The van der Waals surface area contributed by atoms with E-state index in [0.717, 1.165) is 5.56 Å². The van der Waals surface area contributed by atoms with Crippen molar-refractivity contribution < 1.29 is 9.53 Å². The van der Waals surface area contributed by atoms with Crippen LogP contribution in [0.1, 0.15) is 17.3 Å². The minimum absolute atomic E-state index is 0.199. The minimum Gasteiger partial charge on any atom is -0.462 e. The molecule has 0 spiro atoms. The number of ether oxygens (including phenoxy) is 1. The molecule has 0 radical (unpaired) electrons. The van der Waals surface area contributed by atoms with Crippen LogP contribution in [0.3, 0.4) is 0 Å². The van der Waals surface area contributed by atoms with Gasteiger partial charge in [-0.2, -0.15) is 5.11 Å². The van der Waals surface area contributed by atoms with E-state index in [-0.39, 0.29) is 11.2 Å². The monoisotopic (exact) mass is 412 g/mol. The van der Waals surface area contributed by atoms with Crippen molar-refractivity contribution in [2.45, 2.75) is 6.92 Å². The van der Waals surface area contributed by atoms with Crippen LogP contribution < -0.4 is 5.56 Å². The molecule has 0 aliphatic carbocycles. The van der Waals surface area contributed by atoms with Crippen molar-refractivity contribution in [3.05, 3.63) is 101 Å².